The van der Waals surface area contributed by atoms with Crippen LogP contribution in [-0.2, 0) is 33.7 Å². The van der Waals surface area contributed by atoms with E-state index in [1.54, 1.807) is 23.1 Å². The van der Waals surface area contributed by atoms with Gasteiger partial charge in [0.15, 0.2) is 0 Å². The van der Waals surface area contributed by atoms with Crippen LogP contribution in [0.1, 0.15) is 28.3 Å². The zero-order chi connectivity index (χ0) is 22.9. The lowest BCUT2D eigenvalue weighted by atomic mass is 9.93. The highest BCUT2D eigenvalue weighted by Gasteiger charge is 2.47. The van der Waals surface area contributed by atoms with Gasteiger partial charge in [-0.2, -0.15) is 0 Å². The number of nitrogens with zero attached hydrogens (tertiary/aromatic N) is 1. The summed E-state index contributed by atoms with van der Waals surface area (Å²) in [6.45, 7) is 0.302. The van der Waals surface area contributed by atoms with E-state index in [-0.39, 0.29) is 30.6 Å². The minimum absolute atomic E-state index is 0.133. The van der Waals surface area contributed by atoms with E-state index in [1.807, 2.05) is 36.4 Å². The third-order valence-electron chi connectivity index (χ3n) is 6.10. The quantitative estimate of drug-likeness (QED) is 0.434. The second-order valence-corrected chi connectivity index (χ2v) is 8.27. The molecule has 1 amide bonds. The molecule has 0 aromatic heterocycles. The number of fused-ring (bicyclic) bond motifs is 3. The van der Waals surface area contributed by atoms with Crippen molar-refractivity contribution in [3.63, 3.8) is 0 Å². The molecule has 1 aliphatic heterocycles. The Kier molecular flexibility index (Phi) is 5.54. The van der Waals surface area contributed by atoms with Crippen LogP contribution in [0.25, 0.3) is 0 Å². The number of benzene rings is 3. The Balaban J connectivity index is 1.41. The van der Waals surface area contributed by atoms with Crippen LogP contribution in [0, 0.1) is 0 Å². The second kappa shape index (κ2) is 8.66. The minimum atomic E-state index is -0.340. The summed E-state index contributed by atoms with van der Waals surface area (Å²) in [5.74, 6) is 0.844. The van der Waals surface area contributed by atoms with Gasteiger partial charge in [-0.05, 0) is 34.9 Å². The molecule has 164 valence electrons. The van der Waals surface area contributed by atoms with Crippen molar-refractivity contribution in [2.75, 3.05) is 7.11 Å². The molecule has 2 aliphatic rings. The highest BCUT2D eigenvalue weighted by molar-refractivity contribution is 6.32. The maximum Gasteiger partial charge on any atom is 0.411 e. The Labute approximate surface area is 193 Å². The predicted molar refractivity (Wildman–Crippen MR) is 123 cm³/mol. The Morgan fingerprint density at radius 1 is 1.12 bits per heavy atom. The number of methoxy groups -OCH3 is 1. The first-order valence-electron chi connectivity index (χ1n) is 10.8. The summed E-state index contributed by atoms with van der Waals surface area (Å²) in [7, 11) is 7.43. The number of rotatable bonds is 6. The maximum atomic E-state index is 12.7. The fraction of sp³-hybridized carbons (Fsp3) is 0.231. The number of hydrogen-bond acceptors (Lipinski definition) is 5. The van der Waals surface area contributed by atoms with Crippen molar-refractivity contribution in [3.05, 3.63) is 89.0 Å². The number of ether oxygens (including phenoxy) is 3. The zero-order valence-corrected chi connectivity index (χ0v) is 18.2. The van der Waals surface area contributed by atoms with Crippen LogP contribution in [0.3, 0.4) is 0 Å². The number of carbonyl (C=O) groups excluding carboxylic acids is 2. The molecule has 1 heterocycles. The summed E-state index contributed by atoms with van der Waals surface area (Å²) >= 11 is 0. The molecule has 2 atom stereocenters. The maximum absolute atomic E-state index is 12.7. The summed E-state index contributed by atoms with van der Waals surface area (Å²) in [6, 6.07) is 20.6. The molecule has 1 aliphatic carbocycles. The molecule has 33 heavy (non-hydrogen) atoms. The summed E-state index contributed by atoms with van der Waals surface area (Å²) in [5.41, 5.74) is 4.46. The third-order valence-corrected chi connectivity index (χ3v) is 6.10. The number of esters is 1. The van der Waals surface area contributed by atoms with Crippen LogP contribution in [-0.4, -0.2) is 38.0 Å². The standard InChI is InChI=1S/C26H22BNO5/c1-31-24(29)12-16-5-4-7-20(11-16)32-22-10-9-19(27)13-18(22)15-28-25-21-8-3-2-6-17(21)14-23(25)33-26(28)30/h2-11,13,23,25H,12,14-15H2,1H3/t23-,25+/m1/s1. The van der Waals surface area contributed by atoms with Crippen molar-refractivity contribution in [2.24, 2.45) is 0 Å². The van der Waals surface area contributed by atoms with Gasteiger partial charge in [0.25, 0.3) is 0 Å². The average Bonchev–Trinajstić information content (AvgIpc) is 3.31. The smallest absolute Gasteiger partial charge is 0.411 e. The van der Waals surface area contributed by atoms with Gasteiger partial charge >= 0.3 is 12.1 Å². The third kappa shape index (κ3) is 4.18. The zero-order valence-electron chi connectivity index (χ0n) is 18.2. The van der Waals surface area contributed by atoms with Crippen molar-refractivity contribution in [1.82, 2.24) is 4.90 Å². The lowest BCUT2D eigenvalue weighted by molar-refractivity contribution is -0.139. The molecule has 6 nitrogen and oxygen atoms in total. The van der Waals surface area contributed by atoms with Gasteiger partial charge < -0.3 is 14.2 Å². The molecule has 0 bridgehead atoms. The van der Waals surface area contributed by atoms with Crippen molar-refractivity contribution in [2.45, 2.75) is 31.5 Å². The monoisotopic (exact) mass is 439 g/mol. The summed E-state index contributed by atoms with van der Waals surface area (Å²) in [5, 5.41) is 0. The number of amides is 1. The lowest BCUT2D eigenvalue weighted by Gasteiger charge is -2.23. The first-order chi connectivity index (χ1) is 16.0. The van der Waals surface area contributed by atoms with Crippen LogP contribution < -0.4 is 10.2 Å². The average molecular weight is 439 g/mol. The van der Waals surface area contributed by atoms with E-state index in [0.29, 0.717) is 23.5 Å². The van der Waals surface area contributed by atoms with E-state index in [4.69, 9.17) is 22.1 Å². The Bertz CT molecular complexity index is 1230. The van der Waals surface area contributed by atoms with E-state index < -0.39 is 0 Å². The first-order valence-corrected chi connectivity index (χ1v) is 10.8. The molecule has 0 saturated carbocycles. The SMILES string of the molecule is [B]c1ccc(Oc2cccc(CC(=O)OC)c2)c(CN2C(=O)O[C@@H]3Cc4ccccc4[C@@H]32)c1. The molecule has 7 heteroatoms. The second-order valence-electron chi connectivity index (χ2n) is 8.27. The lowest BCUT2D eigenvalue weighted by Crippen LogP contribution is -2.28. The number of carbonyl (C=O) groups is 2. The van der Waals surface area contributed by atoms with Gasteiger partial charge in [0.2, 0.25) is 0 Å². The van der Waals surface area contributed by atoms with Crippen LogP contribution in [0.2, 0.25) is 0 Å². The Hall–Kier alpha value is -3.74. The molecule has 0 spiro atoms. The van der Waals surface area contributed by atoms with Crippen LogP contribution in [0.5, 0.6) is 11.5 Å². The molecular weight excluding hydrogens is 417 g/mol. The molecule has 1 fully saturated rings. The van der Waals surface area contributed by atoms with Crippen molar-refractivity contribution in [3.8, 4) is 11.5 Å². The van der Waals surface area contributed by atoms with Gasteiger partial charge in [0.05, 0.1) is 26.1 Å². The van der Waals surface area contributed by atoms with Gasteiger partial charge in [-0.1, -0.05) is 54.0 Å². The topological polar surface area (TPSA) is 65.1 Å². The van der Waals surface area contributed by atoms with E-state index >= 15 is 0 Å². The fourth-order valence-electron chi connectivity index (χ4n) is 4.58. The van der Waals surface area contributed by atoms with E-state index in [0.717, 1.165) is 23.1 Å². The minimum Gasteiger partial charge on any atom is -0.469 e. The van der Waals surface area contributed by atoms with Crippen LogP contribution >= 0.6 is 0 Å². The van der Waals surface area contributed by atoms with E-state index in [1.165, 1.54) is 12.7 Å². The molecule has 5 rings (SSSR count). The number of hydrogen-bond donors (Lipinski definition) is 0. The highest BCUT2D eigenvalue weighted by Crippen LogP contribution is 2.43. The molecule has 0 unspecified atom stereocenters. The normalized spacial score (nSPS) is 18.5. The fourth-order valence-corrected chi connectivity index (χ4v) is 4.58. The Morgan fingerprint density at radius 3 is 2.82 bits per heavy atom. The van der Waals surface area contributed by atoms with Crippen molar-refractivity contribution >= 4 is 25.4 Å². The van der Waals surface area contributed by atoms with Gasteiger partial charge in [-0.3, -0.25) is 9.69 Å². The van der Waals surface area contributed by atoms with Crippen LogP contribution in [0.15, 0.2) is 66.7 Å². The van der Waals surface area contributed by atoms with E-state index in [2.05, 4.69) is 12.1 Å². The molecule has 3 aromatic carbocycles. The van der Waals surface area contributed by atoms with Gasteiger partial charge in [-0.15, -0.1) is 0 Å². The largest absolute Gasteiger partial charge is 0.469 e. The summed E-state index contributed by atoms with van der Waals surface area (Å²) in [6.07, 6.45) is 0.351. The molecule has 3 aromatic rings. The van der Waals surface area contributed by atoms with Crippen molar-refractivity contribution < 1.29 is 23.8 Å². The predicted octanol–water partition coefficient (Wildman–Crippen LogP) is 3.61. The highest BCUT2D eigenvalue weighted by atomic mass is 16.6. The van der Waals surface area contributed by atoms with Gasteiger partial charge in [0, 0.05) is 12.0 Å². The molecule has 2 radical (unpaired) electrons. The molecule has 0 N–H and O–H groups in total. The Morgan fingerprint density at radius 2 is 1.97 bits per heavy atom. The summed E-state index contributed by atoms with van der Waals surface area (Å²) < 4.78 is 16.6. The van der Waals surface area contributed by atoms with Gasteiger partial charge in [0.1, 0.15) is 25.4 Å². The molecule has 1 saturated heterocycles. The van der Waals surface area contributed by atoms with Crippen LogP contribution in [0.4, 0.5) is 4.79 Å². The first kappa shape index (κ1) is 21.1. The van der Waals surface area contributed by atoms with Gasteiger partial charge in [-0.25, -0.2) is 4.79 Å². The van der Waals surface area contributed by atoms with E-state index in [9.17, 15) is 9.59 Å². The van der Waals surface area contributed by atoms with Crippen molar-refractivity contribution in [1.29, 1.82) is 0 Å². The summed E-state index contributed by atoms with van der Waals surface area (Å²) in [4.78, 5) is 26.1. The molecular formula is C26H22BNO5.